The van der Waals surface area contributed by atoms with Crippen LogP contribution in [0.5, 0.6) is 0 Å². The van der Waals surface area contributed by atoms with Crippen molar-refractivity contribution in [2.45, 2.75) is 31.8 Å². The third-order valence-corrected chi connectivity index (χ3v) is 4.73. The summed E-state index contributed by atoms with van der Waals surface area (Å²) in [6.07, 6.45) is 1.62. The number of nitro benzene ring substituents is 1. The average Bonchev–Trinajstić information content (AvgIpc) is 2.85. The summed E-state index contributed by atoms with van der Waals surface area (Å²) in [5.41, 5.74) is 1.53. The summed E-state index contributed by atoms with van der Waals surface area (Å²) in [6, 6.07) is 4.75. The predicted molar refractivity (Wildman–Crippen MR) is 87.0 cm³/mol. The SMILES string of the molecule is CCn1ncc(CNS(=O)(=O)c2ccc([N+](=O)[O-])cc2)c1C.Cl. The molecule has 0 aliphatic carbocycles. The van der Waals surface area contributed by atoms with Crippen LogP contribution in [0.3, 0.4) is 0 Å². The standard InChI is InChI=1S/C13H16N4O4S.ClH/c1-3-16-10(2)11(8-14-16)9-15-22(20,21)13-6-4-12(5-7-13)17(18)19;/h4-8,15H,3,9H2,1-2H3;1H. The monoisotopic (exact) mass is 360 g/mol. The Morgan fingerprint density at radius 2 is 1.91 bits per heavy atom. The van der Waals surface area contributed by atoms with Crippen LogP contribution < -0.4 is 4.72 Å². The maximum atomic E-state index is 12.2. The molecule has 0 saturated heterocycles. The normalized spacial score (nSPS) is 11.0. The van der Waals surface area contributed by atoms with Gasteiger partial charge >= 0.3 is 0 Å². The van der Waals surface area contributed by atoms with E-state index >= 15 is 0 Å². The number of rotatable bonds is 6. The molecule has 0 amide bonds. The van der Waals surface area contributed by atoms with Crippen molar-refractivity contribution in [3.05, 3.63) is 51.8 Å². The second-order valence-electron chi connectivity index (χ2n) is 4.65. The molecule has 0 unspecified atom stereocenters. The smallest absolute Gasteiger partial charge is 0.269 e. The molecule has 2 rings (SSSR count). The summed E-state index contributed by atoms with van der Waals surface area (Å²) in [7, 11) is -3.72. The quantitative estimate of drug-likeness (QED) is 0.626. The highest BCUT2D eigenvalue weighted by Crippen LogP contribution is 2.16. The van der Waals surface area contributed by atoms with E-state index in [1.165, 1.54) is 12.1 Å². The van der Waals surface area contributed by atoms with Crippen LogP contribution in [0, 0.1) is 17.0 Å². The Labute approximate surface area is 140 Å². The molecule has 0 aliphatic rings. The maximum absolute atomic E-state index is 12.2. The topological polar surface area (TPSA) is 107 Å². The third-order valence-electron chi connectivity index (χ3n) is 3.31. The minimum Gasteiger partial charge on any atom is -0.270 e. The highest BCUT2D eigenvalue weighted by Gasteiger charge is 2.16. The van der Waals surface area contributed by atoms with Gasteiger partial charge in [-0.2, -0.15) is 5.10 Å². The lowest BCUT2D eigenvalue weighted by atomic mass is 10.3. The molecule has 10 heteroatoms. The van der Waals surface area contributed by atoms with Crippen LogP contribution in [-0.4, -0.2) is 23.1 Å². The zero-order valence-corrected chi connectivity index (χ0v) is 14.2. The number of benzene rings is 1. The van der Waals surface area contributed by atoms with E-state index in [2.05, 4.69) is 9.82 Å². The van der Waals surface area contributed by atoms with Gasteiger partial charge in [0.25, 0.3) is 5.69 Å². The van der Waals surface area contributed by atoms with Crippen molar-refractivity contribution >= 4 is 28.1 Å². The van der Waals surface area contributed by atoms with Crippen LogP contribution in [0.15, 0.2) is 35.4 Å². The minimum atomic E-state index is -3.72. The molecular formula is C13H17ClN4O4S. The molecular weight excluding hydrogens is 344 g/mol. The Morgan fingerprint density at radius 3 is 2.39 bits per heavy atom. The zero-order valence-electron chi connectivity index (χ0n) is 12.6. The number of nitrogens with zero attached hydrogens (tertiary/aromatic N) is 3. The van der Waals surface area contributed by atoms with E-state index < -0.39 is 14.9 Å². The van der Waals surface area contributed by atoms with E-state index in [1.807, 2.05) is 13.8 Å². The number of hydrogen-bond donors (Lipinski definition) is 1. The molecule has 1 N–H and O–H groups in total. The van der Waals surface area contributed by atoms with Crippen molar-refractivity contribution in [3.8, 4) is 0 Å². The van der Waals surface area contributed by atoms with Gasteiger partial charge in [0.15, 0.2) is 0 Å². The van der Waals surface area contributed by atoms with Crippen molar-refractivity contribution in [3.63, 3.8) is 0 Å². The maximum Gasteiger partial charge on any atom is 0.269 e. The van der Waals surface area contributed by atoms with Gasteiger partial charge in [-0.05, 0) is 26.0 Å². The first-order valence-corrected chi connectivity index (χ1v) is 8.09. The van der Waals surface area contributed by atoms with Crippen LogP contribution >= 0.6 is 12.4 Å². The van der Waals surface area contributed by atoms with Gasteiger partial charge in [0.2, 0.25) is 10.0 Å². The fraction of sp³-hybridized carbons (Fsp3) is 0.308. The summed E-state index contributed by atoms with van der Waals surface area (Å²) in [4.78, 5) is 9.98. The molecule has 1 aromatic carbocycles. The number of hydrogen-bond acceptors (Lipinski definition) is 5. The largest absolute Gasteiger partial charge is 0.270 e. The van der Waals surface area contributed by atoms with E-state index in [4.69, 9.17) is 0 Å². The van der Waals surface area contributed by atoms with Gasteiger partial charge in [0, 0.05) is 36.5 Å². The molecule has 8 nitrogen and oxygen atoms in total. The Balaban J connectivity index is 0.00000264. The summed E-state index contributed by atoms with van der Waals surface area (Å²) in [5.74, 6) is 0. The number of aromatic nitrogens is 2. The number of sulfonamides is 1. The Morgan fingerprint density at radius 1 is 1.30 bits per heavy atom. The summed E-state index contributed by atoms with van der Waals surface area (Å²) >= 11 is 0. The van der Waals surface area contributed by atoms with Gasteiger partial charge in [-0.25, -0.2) is 13.1 Å². The van der Waals surface area contributed by atoms with Gasteiger partial charge in [-0.3, -0.25) is 14.8 Å². The van der Waals surface area contributed by atoms with Gasteiger partial charge in [-0.1, -0.05) is 0 Å². The molecule has 1 aromatic heterocycles. The van der Waals surface area contributed by atoms with Crippen molar-refractivity contribution in [2.24, 2.45) is 0 Å². The number of nitro groups is 1. The molecule has 0 radical (unpaired) electrons. The summed E-state index contributed by atoms with van der Waals surface area (Å²) in [6.45, 7) is 4.64. The van der Waals surface area contributed by atoms with Gasteiger partial charge in [0.05, 0.1) is 16.0 Å². The zero-order chi connectivity index (χ0) is 16.3. The Hall–Kier alpha value is -1.97. The van der Waals surface area contributed by atoms with E-state index in [9.17, 15) is 18.5 Å². The van der Waals surface area contributed by atoms with Crippen molar-refractivity contribution in [2.75, 3.05) is 0 Å². The highest BCUT2D eigenvalue weighted by molar-refractivity contribution is 7.89. The second kappa shape index (κ2) is 7.53. The van der Waals surface area contributed by atoms with Crippen molar-refractivity contribution in [1.29, 1.82) is 0 Å². The van der Waals surface area contributed by atoms with Crippen LogP contribution in [-0.2, 0) is 23.1 Å². The lowest BCUT2D eigenvalue weighted by Crippen LogP contribution is -2.23. The van der Waals surface area contributed by atoms with E-state index in [-0.39, 0.29) is 29.5 Å². The third kappa shape index (κ3) is 4.27. The van der Waals surface area contributed by atoms with Crippen molar-refractivity contribution < 1.29 is 13.3 Å². The fourth-order valence-electron chi connectivity index (χ4n) is 1.98. The first-order chi connectivity index (χ1) is 10.3. The average molecular weight is 361 g/mol. The first kappa shape index (κ1) is 19.1. The van der Waals surface area contributed by atoms with E-state index in [0.717, 1.165) is 23.4 Å². The summed E-state index contributed by atoms with van der Waals surface area (Å²) in [5, 5.41) is 14.7. The van der Waals surface area contributed by atoms with Gasteiger partial charge in [-0.15, -0.1) is 12.4 Å². The lowest BCUT2D eigenvalue weighted by Gasteiger charge is -2.07. The first-order valence-electron chi connectivity index (χ1n) is 6.60. The summed E-state index contributed by atoms with van der Waals surface area (Å²) < 4.78 is 28.6. The van der Waals surface area contributed by atoms with Gasteiger partial charge < -0.3 is 0 Å². The molecule has 0 fully saturated rings. The van der Waals surface area contributed by atoms with Crippen LogP contribution in [0.2, 0.25) is 0 Å². The van der Waals surface area contributed by atoms with Crippen LogP contribution in [0.4, 0.5) is 5.69 Å². The number of halogens is 1. The number of aryl methyl sites for hydroxylation is 1. The minimum absolute atomic E-state index is 0. The lowest BCUT2D eigenvalue weighted by molar-refractivity contribution is -0.384. The molecule has 0 aliphatic heterocycles. The number of non-ortho nitro benzene ring substituents is 1. The Kier molecular flexibility index (Phi) is 6.25. The molecule has 0 bridgehead atoms. The molecule has 0 saturated carbocycles. The molecule has 0 atom stereocenters. The highest BCUT2D eigenvalue weighted by atomic mass is 35.5. The fourth-order valence-corrected chi connectivity index (χ4v) is 2.99. The van der Waals surface area contributed by atoms with Crippen LogP contribution in [0.1, 0.15) is 18.2 Å². The molecule has 0 spiro atoms. The molecule has 23 heavy (non-hydrogen) atoms. The molecule has 126 valence electrons. The predicted octanol–water partition coefficient (Wildman–Crippen LogP) is 2.02. The molecule has 2 aromatic rings. The van der Waals surface area contributed by atoms with Crippen molar-refractivity contribution in [1.82, 2.24) is 14.5 Å². The number of nitrogens with one attached hydrogen (secondary N) is 1. The Bertz CT molecular complexity index is 787. The van der Waals surface area contributed by atoms with Gasteiger partial charge in [0.1, 0.15) is 0 Å². The second-order valence-corrected chi connectivity index (χ2v) is 6.41. The van der Waals surface area contributed by atoms with E-state index in [0.29, 0.717) is 6.54 Å². The van der Waals surface area contributed by atoms with Crippen LogP contribution in [0.25, 0.3) is 0 Å². The van der Waals surface area contributed by atoms with E-state index in [1.54, 1.807) is 10.9 Å². The molecule has 1 heterocycles.